The van der Waals surface area contributed by atoms with Gasteiger partial charge in [0.15, 0.2) is 5.82 Å². The Morgan fingerprint density at radius 3 is 2.44 bits per heavy atom. The number of imidazole rings is 1. The van der Waals surface area contributed by atoms with E-state index in [2.05, 4.69) is 26.4 Å². The maximum atomic E-state index is 13.1. The lowest BCUT2D eigenvalue weighted by Crippen LogP contribution is -2.50. The number of para-hydroxylation sites is 2. The van der Waals surface area contributed by atoms with Crippen molar-refractivity contribution < 1.29 is 4.79 Å². The number of benzene rings is 2. The van der Waals surface area contributed by atoms with Gasteiger partial charge in [-0.2, -0.15) is 0 Å². The molecule has 1 fully saturated rings. The van der Waals surface area contributed by atoms with Crippen molar-refractivity contribution in [3.05, 3.63) is 72.7 Å². The number of aryl methyl sites for hydroxylation is 1. The predicted octanol–water partition coefficient (Wildman–Crippen LogP) is 3.40. The number of hydrogen-bond donors (Lipinski definition) is 0. The number of amides is 1. The fraction of sp³-hybridized carbons (Fsp3) is 0.280. The number of carbonyl (C=O) groups excluding carboxylic acids is 1. The number of hydrogen-bond acceptors (Lipinski definition) is 5. The molecule has 0 unspecified atom stereocenters. The first-order valence-electron chi connectivity index (χ1n) is 11.1. The zero-order chi connectivity index (χ0) is 21.9. The van der Waals surface area contributed by atoms with Crippen molar-refractivity contribution in [3.63, 3.8) is 0 Å². The first-order valence-corrected chi connectivity index (χ1v) is 11.1. The van der Waals surface area contributed by atoms with Gasteiger partial charge in [0.1, 0.15) is 18.2 Å². The van der Waals surface area contributed by atoms with Crippen LogP contribution in [0.4, 0.5) is 5.82 Å². The van der Waals surface area contributed by atoms with Crippen LogP contribution < -0.4 is 4.90 Å². The molecule has 162 valence electrons. The smallest absolute Gasteiger partial charge is 0.242 e. The lowest BCUT2D eigenvalue weighted by atomic mass is 10.2. The second-order valence-corrected chi connectivity index (χ2v) is 7.93. The number of rotatable bonds is 5. The van der Waals surface area contributed by atoms with E-state index in [1.165, 1.54) is 0 Å². The summed E-state index contributed by atoms with van der Waals surface area (Å²) in [7, 11) is 0. The SMILES string of the molecule is CCc1nc2ccccc2n1CC(=O)N1CCN(c2ccnc(-c3ccccc3)n2)CC1. The highest BCUT2D eigenvalue weighted by atomic mass is 16.2. The van der Waals surface area contributed by atoms with Crippen LogP contribution in [0.15, 0.2) is 66.9 Å². The minimum Gasteiger partial charge on any atom is -0.353 e. The minimum absolute atomic E-state index is 0.134. The molecule has 1 aliphatic rings. The van der Waals surface area contributed by atoms with Gasteiger partial charge >= 0.3 is 0 Å². The van der Waals surface area contributed by atoms with Gasteiger partial charge in [-0.05, 0) is 18.2 Å². The van der Waals surface area contributed by atoms with Crippen molar-refractivity contribution in [1.82, 2.24) is 24.4 Å². The highest BCUT2D eigenvalue weighted by Gasteiger charge is 2.23. The molecule has 4 aromatic rings. The average molecular weight is 427 g/mol. The molecule has 0 saturated carbocycles. The topological polar surface area (TPSA) is 67.2 Å². The lowest BCUT2D eigenvalue weighted by Gasteiger charge is -2.35. The molecule has 0 atom stereocenters. The molecule has 0 N–H and O–H groups in total. The van der Waals surface area contributed by atoms with E-state index in [1.54, 1.807) is 6.20 Å². The number of nitrogens with zero attached hydrogens (tertiary/aromatic N) is 6. The Morgan fingerprint density at radius 2 is 1.66 bits per heavy atom. The van der Waals surface area contributed by atoms with E-state index in [0.29, 0.717) is 19.6 Å². The lowest BCUT2D eigenvalue weighted by molar-refractivity contribution is -0.132. The predicted molar refractivity (Wildman–Crippen MR) is 125 cm³/mol. The molecular weight excluding hydrogens is 400 g/mol. The van der Waals surface area contributed by atoms with Gasteiger partial charge < -0.3 is 14.4 Å². The fourth-order valence-electron chi connectivity index (χ4n) is 4.24. The van der Waals surface area contributed by atoms with Crippen LogP contribution in [0.25, 0.3) is 22.4 Å². The summed E-state index contributed by atoms with van der Waals surface area (Å²) in [6.07, 6.45) is 2.60. The maximum Gasteiger partial charge on any atom is 0.242 e. The molecule has 32 heavy (non-hydrogen) atoms. The van der Waals surface area contributed by atoms with E-state index < -0.39 is 0 Å². The van der Waals surface area contributed by atoms with Gasteiger partial charge in [0, 0.05) is 44.4 Å². The Balaban J connectivity index is 1.26. The van der Waals surface area contributed by atoms with E-state index in [4.69, 9.17) is 4.98 Å². The Morgan fingerprint density at radius 1 is 0.906 bits per heavy atom. The molecule has 5 rings (SSSR count). The van der Waals surface area contributed by atoms with Crippen LogP contribution in [0.5, 0.6) is 0 Å². The van der Waals surface area contributed by atoms with Crippen LogP contribution in [0.1, 0.15) is 12.7 Å². The van der Waals surface area contributed by atoms with E-state index >= 15 is 0 Å². The van der Waals surface area contributed by atoms with Gasteiger partial charge in [0.05, 0.1) is 11.0 Å². The Hall–Kier alpha value is -3.74. The second-order valence-electron chi connectivity index (χ2n) is 7.93. The molecule has 3 heterocycles. The van der Waals surface area contributed by atoms with Crippen molar-refractivity contribution in [2.45, 2.75) is 19.9 Å². The number of carbonyl (C=O) groups is 1. The average Bonchev–Trinajstić information content (AvgIpc) is 3.22. The standard InChI is InChI=1S/C25H26N6O/c1-2-22-27-20-10-6-7-11-21(20)31(22)18-24(32)30-16-14-29(15-17-30)23-12-13-26-25(28-23)19-8-4-3-5-9-19/h3-13H,2,14-18H2,1H3. The molecule has 0 aliphatic carbocycles. The van der Waals surface area contributed by atoms with E-state index in [1.807, 2.05) is 65.6 Å². The van der Waals surface area contributed by atoms with Crippen molar-refractivity contribution in [2.75, 3.05) is 31.1 Å². The maximum absolute atomic E-state index is 13.1. The zero-order valence-electron chi connectivity index (χ0n) is 18.2. The summed E-state index contributed by atoms with van der Waals surface area (Å²) in [5.41, 5.74) is 2.97. The van der Waals surface area contributed by atoms with Gasteiger partial charge in [-0.15, -0.1) is 0 Å². The van der Waals surface area contributed by atoms with Crippen molar-refractivity contribution in [3.8, 4) is 11.4 Å². The number of fused-ring (bicyclic) bond motifs is 1. The highest BCUT2D eigenvalue weighted by Crippen LogP contribution is 2.20. The summed E-state index contributed by atoms with van der Waals surface area (Å²) in [5, 5.41) is 0. The monoisotopic (exact) mass is 426 g/mol. The third kappa shape index (κ3) is 3.93. The summed E-state index contributed by atoms with van der Waals surface area (Å²) in [5.74, 6) is 2.71. The van der Waals surface area contributed by atoms with Crippen LogP contribution in [0.2, 0.25) is 0 Å². The van der Waals surface area contributed by atoms with Gasteiger partial charge in [0.25, 0.3) is 0 Å². The summed E-state index contributed by atoms with van der Waals surface area (Å²) in [6, 6.07) is 19.9. The Labute approximate surface area is 187 Å². The summed E-state index contributed by atoms with van der Waals surface area (Å²) in [4.78, 5) is 31.1. The zero-order valence-corrected chi connectivity index (χ0v) is 18.2. The largest absolute Gasteiger partial charge is 0.353 e. The van der Waals surface area contributed by atoms with Crippen LogP contribution >= 0.6 is 0 Å². The number of aromatic nitrogens is 4. The normalized spacial score (nSPS) is 14.2. The number of anilines is 1. The molecule has 1 amide bonds. The van der Waals surface area contributed by atoms with Crippen LogP contribution in [0, 0.1) is 0 Å². The quantitative estimate of drug-likeness (QED) is 0.489. The van der Waals surface area contributed by atoms with Crippen molar-refractivity contribution >= 4 is 22.8 Å². The summed E-state index contributed by atoms with van der Waals surface area (Å²) in [6.45, 7) is 5.27. The third-order valence-corrected chi connectivity index (χ3v) is 5.97. The molecule has 1 aliphatic heterocycles. The Bertz CT molecular complexity index is 1230. The van der Waals surface area contributed by atoms with E-state index in [0.717, 1.165) is 53.6 Å². The van der Waals surface area contributed by atoms with Gasteiger partial charge in [-0.3, -0.25) is 4.79 Å². The second kappa shape index (κ2) is 8.78. The number of piperazine rings is 1. The van der Waals surface area contributed by atoms with Crippen molar-refractivity contribution in [1.29, 1.82) is 0 Å². The van der Waals surface area contributed by atoms with Gasteiger partial charge in [0.2, 0.25) is 5.91 Å². The molecule has 1 saturated heterocycles. The molecule has 0 spiro atoms. The third-order valence-electron chi connectivity index (χ3n) is 5.97. The van der Waals surface area contributed by atoms with Gasteiger partial charge in [-0.1, -0.05) is 49.4 Å². The van der Waals surface area contributed by atoms with E-state index in [9.17, 15) is 4.79 Å². The fourth-order valence-corrected chi connectivity index (χ4v) is 4.24. The summed E-state index contributed by atoms with van der Waals surface area (Å²) < 4.78 is 2.06. The molecule has 2 aromatic carbocycles. The van der Waals surface area contributed by atoms with Gasteiger partial charge in [-0.25, -0.2) is 15.0 Å². The van der Waals surface area contributed by atoms with Crippen LogP contribution in [-0.4, -0.2) is 56.5 Å². The molecule has 7 heteroatoms. The Kier molecular flexibility index (Phi) is 5.54. The molecular formula is C25H26N6O. The molecule has 0 radical (unpaired) electrons. The molecule has 7 nitrogen and oxygen atoms in total. The van der Waals surface area contributed by atoms with Crippen LogP contribution in [0.3, 0.4) is 0 Å². The first-order chi connectivity index (χ1) is 15.7. The van der Waals surface area contributed by atoms with Crippen LogP contribution in [-0.2, 0) is 17.8 Å². The molecule has 2 aromatic heterocycles. The van der Waals surface area contributed by atoms with Crippen molar-refractivity contribution in [2.24, 2.45) is 0 Å². The summed E-state index contributed by atoms with van der Waals surface area (Å²) >= 11 is 0. The molecule has 0 bridgehead atoms. The first kappa shape index (κ1) is 20.2. The van der Waals surface area contributed by atoms with E-state index in [-0.39, 0.29) is 5.91 Å². The minimum atomic E-state index is 0.134. The highest BCUT2D eigenvalue weighted by molar-refractivity contribution is 5.81.